The third-order valence-electron chi connectivity index (χ3n) is 4.64. The molecule has 9 heteroatoms. The highest BCUT2D eigenvalue weighted by Crippen LogP contribution is 2.32. The van der Waals surface area contributed by atoms with Gasteiger partial charge in [0.2, 0.25) is 10.0 Å². The lowest BCUT2D eigenvalue weighted by Gasteiger charge is -2.32. The molecule has 0 bridgehead atoms. The molecule has 0 amide bonds. The highest BCUT2D eigenvalue weighted by molar-refractivity contribution is 7.88. The first kappa shape index (κ1) is 16.7. The van der Waals surface area contributed by atoms with Crippen LogP contribution in [0, 0.1) is 0 Å². The maximum Gasteiger partial charge on any atom is 0.254 e. The van der Waals surface area contributed by atoms with Gasteiger partial charge in [-0.25, -0.2) is 31.5 Å². The van der Waals surface area contributed by atoms with Crippen molar-refractivity contribution >= 4 is 10.0 Å². The van der Waals surface area contributed by atoms with Crippen LogP contribution in [-0.2, 0) is 23.0 Å². The highest BCUT2D eigenvalue weighted by Gasteiger charge is 2.32. The summed E-state index contributed by atoms with van der Waals surface area (Å²) in [6.07, 6.45) is 1.81. The topological polar surface area (TPSA) is 75.2 Å². The van der Waals surface area contributed by atoms with Crippen LogP contribution in [0.1, 0.15) is 35.7 Å². The Kier molecular flexibility index (Phi) is 4.61. The van der Waals surface area contributed by atoms with Gasteiger partial charge in [-0.2, -0.15) is 0 Å². The molecule has 0 aliphatic carbocycles. The fourth-order valence-corrected chi connectivity index (χ4v) is 4.21. The summed E-state index contributed by atoms with van der Waals surface area (Å²) in [6, 6.07) is -0.864. The Morgan fingerprint density at radius 1 is 1.30 bits per heavy atom. The van der Waals surface area contributed by atoms with E-state index in [0.29, 0.717) is 38.2 Å². The van der Waals surface area contributed by atoms with Crippen molar-refractivity contribution in [1.82, 2.24) is 19.6 Å². The molecule has 0 radical (unpaired) electrons. The minimum absolute atomic E-state index is 0.148. The number of nitrogens with zero attached hydrogens (tertiary/aromatic N) is 3. The summed E-state index contributed by atoms with van der Waals surface area (Å²) in [5.74, 6) is 0.148. The second-order valence-corrected chi connectivity index (χ2v) is 8.13. The first-order valence-electron chi connectivity index (χ1n) is 7.65. The number of alkyl halides is 2. The van der Waals surface area contributed by atoms with E-state index in [0.717, 1.165) is 11.3 Å². The standard InChI is InChI=1S/C14H20F2N4O2S/c1-23(21,22)20-4-2-9(3-5-20)13-10-7-17-12(14(15)16)6-11(10)18-8-19-13/h8-9,12,14,17H,2-7H2,1H3. The van der Waals surface area contributed by atoms with Crippen LogP contribution in [0.15, 0.2) is 6.33 Å². The maximum atomic E-state index is 12.9. The Labute approximate surface area is 134 Å². The first-order chi connectivity index (χ1) is 10.9. The van der Waals surface area contributed by atoms with Gasteiger partial charge in [-0.05, 0) is 12.8 Å². The first-order valence-corrected chi connectivity index (χ1v) is 9.50. The Balaban J connectivity index is 1.77. The fourth-order valence-electron chi connectivity index (χ4n) is 3.34. The van der Waals surface area contributed by atoms with E-state index in [-0.39, 0.29) is 12.3 Å². The second-order valence-electron chi connectivity index (χ2n) is 6.15. The number of halogens is 2. The van der Waals surface area contributed by atoms with Crippen LogP contribution in [0.5, 0.6) is 0 Å². The third kappa shape index (κ3) is 3.51. The largest absolute Gasteiger partial charge is 0.304 e. The summed E-state index contributed by atoms with van der Waals surface area (Å²) in [6.45, 7) is 1.28. The molecule has 0 spiro atoms. The predicted octanol–water partition coefficient (Wildman–Crippen LogP) is 0.895. The van der Waals surface area contributed by atoms with Crippen LogP contribution in [0.4, 0.5) is 8.78 Å². The zero-order chi connectivity index (χ0) is 16.6. The zero-order valence-electron chi connectivity index (χ0n) is 12.9. The number of aromatic nitrogens is 2. The van der Waals surface area contributed by atoms with Gasteiger partial charge in [0.05, 0.1) is 23.7 Å². The van der Waals surface area contributed by atoms with Gasteiger partial charge in [-0.15, -0.1) is 0 Å². The molecule has 1 unspecified atom stereocenters. The number of fused-ring (bicyclic) bond motifs is 1. The number of rotatable bonds is 3. The number of sulfonamides is 1. The van der Waals surface area contributed by atoms with Gasteiger partial charge in [-0.1, -0.05) is 0 Å². The van der Waals surface area contributed by atoms with Crippen LogP contribution in [0.3, 0.4) is 0 Å². The smallest absolute Gasteiger partial charge is 0.254 e. The molecule has 23 heavy (non-hydrogen) atoms. The van der Waals surface area contributed by atoms with Crippen molar-refractivity contribution in [3.63, 3.8) is 0 Å². The van der Waals surface area contributed by atoms with E-state index in [2.05, 4.69) is 15.3 Å². The van der Waals surface area contributed by atoms with Gasteiger partial charge < -0.3 is 5.32 Å². The lowest BCUT2D eigenvalue weighted by molar-refractivity contribution is 0.0932. The molecule has 0 aromatic carbocycles. The van der Waals surface area contributed by atoms with Gasteiger partial charge >= 0.3 is 0 Å². The SMILES string of the molecule is CS(=O)(=O)N1CCC(c2ncnc3c2CNC(C(F)F)C3)CC1. The van der Waals surface area contributed by atoms with Gasteiger partial charge in [0.25, 0.3) is 6.43 Å². The quantitative estimate of drug-likeness (QED) is 0.880. The van der Waals surface area contributed by atoms with E-state index in [9.17, 15) is 17.2 Å². The highest BCUT2D eigenvalue weighted by atomic mass is 32.2. The molecular weight excluding hydrogens is 326 g/mol. The van der Waals surface area contributed by atoms with Crippen molar-refractivity contribution in [2.75, 3.05) is 19.3 Å². The molecule has 1 aromatic heterocycles. The van der Waals surface area contributed by atoms with Crippen LogP contribution >= 0.6 is 0 Å². The number of piperidine rings is 1. The van der Waals surface area contributed by atoms with Gasteiger partial charge in [0, 0.05) is 37.5 Å². The molecule has 3 rings (SSSR count). The van der Waals surface area contributed by atoms with Crippen molar-refractivity contribution in [1.29, 1.82) is 0 Å². The minimum Gasteiger partial charge on any atom is -0.304 e. The van der Waals surface area contributed by atoms with Gasteiger partial charge in [-0.3, -0.25) is 0 Å². The molecule has 1 saturated heterocycles. The van der Waals surface area contributed by atoms with Crippen molar-refractivity contribution in [3.8, 4) is 0 Å². The molecule has 1 N–H and O–H groups in total. The van der Waals surface area contributed by atoms with E-state index >= 15 is 0 Å². The Hall–Kier alpha value is -1.19. The van der Waals surface area contributed by atoms with Crippen molar-refractivity contribution in [3.05, 3.63) is 23.3 Å². The Morgan fingerprint density at radius 3 is 2.61 bits per heavy atom. The molecule has 2 aliphatic rings. The molecule has 1 fully saturated rings. The van der Waals surface area contributed by atoms with Crippen LogP contribution < -0.4 is 5.32 Å². The summed E-state index contributed by atoms with van der Waals surface area (Å²) in [5.41, 5.74) is 2.47. The van der Waals surface area contributed by atoms with Gasteiger partial charge in [0.15, 0.2) is 0 Å². The Bertz CT molecular complexity index is 675. The predicted molar refractivity (Wildman–Crippen MR) is 80.8 cm³/mol. The molecule has 1 atom stereocenters. The summed E-state index contributed by atoms with van der Waals surface area (Å²) >= 11 is 0. The van der Waals surface area contributed by atoms with Crippen LogP contribution in [0.25, 0.3) is 0 Å². The molecule has 3 heterocycles. The maximum absolute atomic E-state index is 12.9. The molecular formula is C14H20F2N4O2S. The summed E-state index contributed by atoms with van der Waals surface area (Å²) < 4.78 is 50.3. The summed E-state index contributed by atoms with van der Waals surface area (Å²) in [4.78, 5) is 8.54. The molecule has 2 aliphatic heterocycles. The van der Waals surface area contributed by atoms with E-state index in [1.807, 2.05) is 0 Å². The third-order valence-corrected chi connectivity index (χ3v) is 5.94. The second kappa shape index (κ2) is 6.37. The molecule has 6 nitrogen and oxygen atoms in total. The number of hydrogen-bond acceptors (Lipinski definition) is 5. The summed E-state index contributed by atoms with van der Waals surface area (Å²) in [5, 5.41) is 2.85. The van der Waals surface area contributed by atoms with Crippen molar-refractivity contribution in [2.45, 2.75) is 44.2 Å². The zero-order valence-corrected chi connectivity index (χ0v) is 13.7. The van der Waals surface area contributed by atoms with E-state index in [1.54, 1.807) is 0 Å². The lowest BCUT2D eigenvalue weighted by Crippen LogP contribution is -2.42. The van der Waals surface area contributed by atoms with E-state index in [1.165, 1.54) is 16.9 Å². The monoisotopic (exact) mass is 346 g/mol. The average Bonchev–Trinajstić information content (AvgIpc) is 2.53. The molecule has 0 saturated carbocycles. The average molecular weight is 346 g/mol. The molecule has 1 aromatic rings. The minimum atomic E-state index is -3.16. The van der Waals surface area contributed by atoms with Crippen LogP contribution in [0.2, 0.25) is 0 Å². The van der Waals surface area contributed by atoms with Crippen molar-refractivity contribution in [2.24, 2.45) is 0 Å². The number of hydrogen-bond donors (Lipinski definition) is 1. The number of nitrogens with one attached hydrogen (secondary N) is 1. The van der Waals surface area contributed by atoms with E-state index < -0.39 is 22.5 Å². The van der Waals surface area contributed by atoms with Gasteiger partial charge in [0.1, 0.15) is 6.33 Å². The fraction of sp³-hybridized carbons (Fsp3) is 0.714. The lowest BCUT2D eigenvalue weighted by atomic mass is 9.88. The van der Waals surface area contributed by atoms with Crippen molar-refractivity contribution < 1.29 is 17.2 Å². The van der Waals surface area contributed by atoms with Crippen LogP contribution in [-0.4, -0.2) is 54.5 Å². The summed E-state index contributed by atoms with van der Waals surface area (Å²) in [7, 11) is -3.16. The molecule has 128 valence electrons. The van der Waals surface area contributed by atoms with E-state index in [4.69, 9.17) is 0 Å². The Morgan fingerprint density at radius 2 is 2.00 bits per heavy atom. The normalized spacial score (nSPS) is 23.9.